The van der Waals surface area contributed by atoms with Crippen LogP contribution in [0.5, 0.6) is 0 Å². The quantitative estimate of drug-likeness (QED) is 0.904. The number of anilines is 2. The first-order valence-electron chi connectivity index (χ1n) is 6.35. The molecule has 0 saturated heterocycles. The Kier molecular flexibility index (Phi) is 3.86. The van der Waals surface area contributed by atoms with Gasteiger partial charge in [-0.05, 0) is 37.6 Å². The molecule has 2 rings (SSSR count). The number of rotatable bonds is 3. The van der Waals surface area contributed by atoms with E-state index in [1.54, 1.807) is 6.07 Å². The fourth-order valence-corrected chi connectivity index (χ4v) is 2.15. The van der Waals surface area contributed by atoms with E-state index >= 15 is 0 Å². The van der Waals surface area contributed by atoms with Gasteiger partial charge in [-0.15, -0.1) is 0 Å². The molecule has 2 N–H and O–H groups in total. The minimum absolute atomic E-state index is 0.210. The number of nitrogens with zero attached hydrogens (tertiary/aromatic N) is 1. The number of halogens is 1. The number of benzene rings is 2. The second-order valence-corrected chi connectivity index (χ2v) is 4.86. The summed E-state index contributed by atoms with van der Waals surface area (Å²) in [6.07, 6.45) is 0. The van der Waals surface area contributed by atoms with E-state index in [4.69, 9.17) is 5.73 Å². The van der Waals surface area contributed by atoms with Crippen LogP contribution in [-0.2, 0) is 0 Å². The molecule has 1 unspecified atom stereocenters. The molecular weight excluding hydrogens is 239 g/mol. The van der Waals surface area contributed by atoms with E-state index in [1.165, 1.54) is 11.6 Å². The Morgan fingerprint density at radius 1 is 1.11 bits per heavy atom. The van der Waals surface area contributed by atoms with E-state index in [0.29, 0.717) is 5.69 Å². The molecule has 0 fully saturated rings. The molecule has 100 valence electrons. The number of hydrogen-bond acceptors (Lipinski definition) is 2. The standard InChI is InChI=1S/C16H19FN2/c1-11-7-9-13(10-8-11)19(3)16-14(12(2)18)5-4-6-15(16)17/h4-10,12H,18H2,1-3H3. The first-order valence-corrected chi connectivity index (χ1v) is 6.35. The van der Waals surface area contributed by atoms with Crippen molar-refractivity contribution in [3.63, 3.8) is 0 Å². The lowest BCUT2D eigenvalue weighted by atomic mass is 10.0. The van der Waals surface area contributed by atoms with Gasteiger partial charge in [0.05, 0.1) is 5.69 Å². The molecule has 0 aliphatic rings. The Balaban J connectivity index is 2.49. The second-order valence-electron chi connectivity index (χ2n) is 4.86. The largest absolute Gasteiger partial charge is 0.342 e. The molecule has 0 aliphatic heterocycles. The summed E-state index contributed by atoms with van der Waals surface area (Å²) in [5.74, 6) is -0.252. The fraction of sp³-hybridized carbons (Fsp3) is 0.250. The molecule has 2 aromatic carbocycles. The zero-order valence-electron chi connectivity index (χ0n) is 11.5. The van der Waals surface area contributed by atoms with Crippen molar-refractivity contribution in [3.05, 3.63) is 59.4 Å². The number of nitrogens with two attached hydrogens (primary N) is 1. The van der Waals surface area contributed by atoms with E-state index in [9.17, 15) is 4.39 Å². The predicted octanol–water partition coefficient (Wildman–Crippen LogP) is 3.92. The molecule has 0 spiro atoms. The highest BCUT2D eigenvalue weighted by Crippen LogP contribution is 2.32. The molecule has 0 heterocycles. The van der Waals surface area contributed by atoms with Crippen molar-refractivity contribution >= 4 is 11.4 Å². The van der Waals surface area contributed by atoms with Crippen molar-refractivity contribution < 1.29 is 4.39 Å². The Bertz CT molecular complexity index is 561. The highest BCUT2D eigenvalue weighted by Gasteiger charge is 2.16. The summed E-state index contributed by atoms with van der Waals surface area (Å²) >= 11 is 0. The van der Waals surface area contributed by atoms with Crippen LogP contribution < -0.4 is 10.6 Å². The predicted molar refractivity (Wildman–Crippen MR) is 78.2 cm³/mol. The summed E-state index contributed by atoms with van der Waals surface area (Å²) in [5, 5.41) is 0. The average molecular weight is 258 g/mol. The third-order valence-electron chi connectivity index (χ3n) is 3.27. The molecule has 0 saturated carbocycles. The minimum Gasteiger partial charge on any atom is -0.342 e. The maximum atomic E-state index is 14.1. The molecule has 0 aromatic heterocycles. The van der Waals surface area contributed by atoms with Crippen LogP contribution in [0.4, 0.5) is 15.8 Å². The van der Waals surface area contributed by atoms with E-state index in [-0.39, 0.29) is 11.9 Å². The zero-order valence-corrected chi connectivity index (χ0v) is 11.5. The molecular formula is C16H19FN2. The van der Waals surface area contributed by atoms with Gasteiger partial charge in [0.2, 0.25) is 0 Å². The van der Waals surface area contributed by atoms with Gasteiger partial charge in [0.1, 0.15) is 5.82 Å². The molecule has 0 aliphatic carbocycles. The van der Waals surface area contributed by atoms with Crippen molar-refractivity contribution in [1.29, 1.82) is 0 Å². The second kappa shape index (κ2) is 5.41. The molecule has 0 amide bonds. The van der Waals surface area contributed by atoms with Crippen LogP contribution >= 0.6 is 0 Å². The lowest BCUT2D eigenvalue weighted by Crippen LogP contribution is -2.17. The fourth-order valence-electron chi connectivity index (χ4n) is 2.15. The maximum Gasteiger partial charge on any atom is 0.147 e. The monoisotopic (exact) mass is 258 g/mol. The van der Waals surface area contributed by atoms with Gasteiger partial charge in [-0.1, -0.05) is 29.8 Å². The first-order chi connectivity index (χ1) is 9.00. The van der Waals surface area contributed by atoms with Crippen LogP contribution in [0.1, 0.15) is 24.1 Å². The Hall–Kier alpha value is -1.87. The van der Waals surface area contributed by atoms with Crippen LogP contribution in [0.15, 0.2) is 42.5 Å². The molecule has 0 bridgehead atoms. The third kappa shape index (κ3) is 2.76. The highest BCUT2D eigenvalue weighted by atomic mass is 19.1. The van der Waals surface area contributed by atoms with Gasteiger partial charge in [-0.3, -0.25) is 0 Å². The van der Waals surface area contributed by atoms with Crippen LogP contribution in [0, 0.1) is 12.7 Å². The highest BCUT2D eigenvalue weighted by molar-refractivity contribution is 5.67. The first kappa shape index (κ1) is 13.6. The number of aryl methyl sites for hydroxylation is 1. The van der Waals surface area contributed by atoms with Gasteiger partial charge in [-0.2, -0.15) is 0 Å². The van der Waals surface area contributed by atoms with Gasteiger partial charge in [-0.25, -0.2) is 4.39 Å². The van der Waals surface area contributed by atoms with Gasteiger partial charge >= 0.3 is 0 Å². The van der Waals surface area contributed by atoms with Crippen LogP contribution in [-0.4, -0.2) is 7.05 Å². The summed E-state index contributed by atoms with van der Waals surface area (Å²) in [4.78, 5) is 1.84. The third-order valence-corrected chi connectivity index (χ3v) is 3.27. The zero-order chi connectivity index (χ0) is 14.0. The topological polar surface area (TPSA) is 29.3 Å². The summed E-state index contributed by atoms with van der Waals surface area (Å²) in [7, 11) is 1.86. The Morgan fingerprint density at radius 2 is 1.74 bits per heavy atom. The van der Waals surface area contributed by atoms with E-state index < -0.39 is 0 Å². The van der Waals surface area contributed by atoms with E-state index in [0.717, 1.165) is 11.3 Å². The van der Waals surface area contributed by atoms with Crippen molar-refractivity contribution in [3.8, 4) is 0 Å². The number of para-hydroxylation sites is 1. The van der Waals surface area contributed by atoms with E-state index in [1.807, 2.05) is 56.1 Å². The molecule has 0 radical (unpaired) electrons. The van der Waals surface area contributed by atoms with Gasteiger partial charge in [0.25, 0.3) is 0 Å². The number of hydrogen-bond donors (Lipinski definition) is 1. The molecule has 2 nitrogen and oxygen atoms in total. The Labute approximate surface area is 113 Å². The lowest BCUT2D eigenvalue weighted by Gasteiger charge is -2.24. The molecule has 2 aromatic rings. The average Bonchev–Trinajstić information content (AvgIpc) is 2.38. The van der Waals surface area contributed by atoms with Gasteiger partial charge in [0.15, 0.2) is 0 Å². The summed E-state index contributed by atoms with van der Waals surface area (Å²) in [6.45, 7) is 3.89. The normalized spacial score (nSPS) is 12.3. The van der Waals surface area contributed by atoms with Crippen molar-refractivity contribution in [2.24, 2.45) is 5.73 Å². The van der Waals surface area contributed by atoms with E-state index in [2.05, 4.69) is 0 Å². The summed E-state index contributed by atoms with van der Waals surface area (Å²) < 4.78 is 14.1. The Morgan fingerprint density at radius 3 is 2.32 bits per heavy atom. The van der Waals surface area contributed by atoms with Gasteiger partial charge < -0.3 is 10.6 Å². The van der Waals surface area contributed by atoms with Crippen molar-refractivity contribution in [1.82, 2.24) is 0 Å². The molecule has 19 heavy (non-hydrogen) atoms. The van der Waals surface area contributed by atoms with Crippen molar-refractivity contribution in [2.75, 3.05) is 11.9 Å². The maximum absolute atomic E-state index is 14.1. The van der Waals surface area contributed by atoms with Crippen LogP contribution in [0.3, 0.4) is 0 Å². The SMILES string of the molecule is Cc1ccc(N(C)c2c(F)cccc2C(C)N)cc1. The smallest absolute Gasteiger partial charge is 0.147 e. The van der Waals surface area contributed by atoms with Crippen LogP contribution in [0.2, 0.25) is 0 Å². The van der Waals surface area contributed by atoms with Crippen LogP contribution in [0.25, 0.3) is 0 Å². The lowest BCUT2D eigenvalue weighted by molar-refractivity contribution is 0.622. The minimum atomic E-state index is -0.252. The van der Waals surface area contributed by atoms with Crippen molar-refractivity contribution in [2.45, 2.75) is 19.9 Å². The molecule has 3 heteroatoms. The summed E-state index contributed by atoms with van der Waals surface area (Å²) in [6, 6.07) is 12.8. The molecule has 1 atom stereocenters. The van der Waals surface area contributed by atoms with Gasteiger partial charge in [0, 0.05) is 18.8 Å². The summed E-state index contributed by atoms with van der Waals surface area (Å²) in [5.41, 5.74) is 9.40.